The first kappa shape index (κ1) is 8.50. The summed E-state index contributed by atoms with van der Waals surface area (Å²) in [4.78, 5) is 14.4. The van der Waals surface area contributed by atoms with Gasteiger partial charge in [-0.25, -0.2) is 4.98 Å². The van der Waals surface area contributed by atoms with Crippen LogP contribution in [-0.4, -0.2) is 10.2 Å². The molecular formula is C7H5Cl2NO. The zero-order chi connectivity index (χ0) is 8.43. The molecule has 0 radical (unpaired) electrons. The number of aromatic nitrogens is 1. The highest BCUT2D eigenvalue weighted by Crippen LogP contribution is 2.15. The summed E-state index contributed by atoms with van der Waals surface area (Å²) in [5, 5.41) is -0.429. The fourth-order valence-corrected chi connectivity index (χ4v) is 1.07. The van der Waals surface area contributed by atoms with Crippen molar-refractivity contribution in [3.63, 3.8) is 0 Å². The predicted molar refractivity (Wildman–Crippen MR) is 44.2 cm³/mol. The van der Waals surface area contributed by atoms with Crippen LogP contribution in [-0.2, 0) is 0 Å². The van der Waals surface area contributed by atoms with E-state index in [1.165, 1.54) is 0 Å². The van der Waals surface area contributed by atoms with Gasteiger partial charge >= 0.3 is 0 Å². The van der Waals surface area contributed by atoms with E-state index >= 15 is 0 Å². The van der Waals surface area contributed by atoms with Crippen molar-refractivity contribution >= 4 is 28.4 Å². The van der Waals surface area contributed by atoms with Gasteiger partial charge in [-0.15, -0.1) is 0 Å². The van der Waals surface area contributed by atoms with Crippen LogP contribution in [0.25, 0.3) is 0 Å². The van der Waals surface area contributed by atoms with Crippen molar-refractivity contribution in [3.8, 4) is 0 Å². The standard InChI is InChI=1S/C7H5Cl2NO/c1-4-2-5(7(9)11)6(8)10-3-4/h2-3H,1H3. The molecule has 0 saturated heterocycles. The third-order valence-electron chi connectivity index (χ3n) is 1.19. The molecule has 0 amide bonds. The van der Waals surface area contributed by atoms with Gasteiger partial charge < -0.3 is 0 Å². The average Bonchev–Trinajstić information content (AvgIpc) is 1.94. The van der Waals surface area contributed by atoms with Crippen molar-refractivity contribution in [3.05, 3.63) is 28.5 Å². The number of carbonyl (C=O) groups excluding carboxylic acids is 1. The molecule has 1 aromatic rings. The summed E-state index contributed by atoms with van der Waals surface area (Å²) >= 11 is 10.8. The molecule has 58 valence electrons. The maximum absolute atomic E-state index is 10.7. The third kappa shape index (κ3) is 1.91. The van der Waals surface area contributed by atoms with E-state index in [2.05, 4.69) is 4.98 Å². The number of rotatable bonds is 1. The normalized spacial score (nSPS) is 9.73. The minimum absolute atomic E-state index is 0.149. The summed E-state index contributed by atoms with van der Waals surface area (Å²) in [6.45, 7) is 1.81. The summed E-state index contributed by atoms with van der Waals surface area (Å²) in [6, 6.07) is 1.60. The van der Waals surface area contributed by atoms with Gasteiger partial charge in [-0.2, -0.15) is 0 Å². The second-order valence-electron chi connectivity index (χ2n) is 2.12. The van der Waals surface area contributed by atoms with Crippen LogP contribution in [0.15, 0.2) is 12.3 Å². The Bertz CT molecular complexity index is 298. The predicted octanol–water partition coefficient (Wildman–Crippen LogP) is 2.42. The van der Waals surface area contributed by atoms with Gasteiger partial charge in [-0.1, -0.05) is 11.6 Å². The molecule has 2 nitrogen and oxygen atoms in total. The first-order chi connectivity index (χ1) is 5.11. The van der Waals surface area contributed by atoms with Gasteiger partial charge in [-0.3, -0.25) is 4.79 Å². The molecular weight excluding hydrogens is 185 g/mol. The molecule has 0 saturated carbocycles. The first-order valence-electron chi connectivity index (χ1n) is 2.93. The lowest BCUT2D eigenvalue weighted by atomic mass is 10.2. The Morgan fingerprint density at radius 2 is 2.27 bits per heavy atom. The van der Waals surface area contributed by atoms with Gasteiger partial charge in [0.1, 0.15) is 5.15 Å². The summed E-state index contributed by atoms with van der Waals surface area (Å²) in [6.07, 6.45) is 1.58. The highest BCUT2D eigenvalue weighted by Gasteiger charge is 2.07. The maximum Gasteiger partial charge on any atom is 0.255 e. The molecule has 0 aliphatic heterocycles. The number of nitrogens with zero attached hydrogens (tertiary/aromatic N) is 1. The molecule has 0 unspecified atom stereocenters. The highest BCUT2D eigenvalue weighted by atomic mass is 35.5. The Morgan fingerprint density at radius 3 is 2.73 bits per heavy atom. The number of hydrogen-bond donors (Lipinski definition) is 0. The van der Waals surface area contributed by atoms with E-state index in [0.717, 1.165) is 5.56 Å². The molecule has 11 heavy (non-hydrogen) atoms. The van der Waals surface area contributed by atoms with E-state index in [1.807, 2.05) is 6.92 Å². The van der Waals surface area contributed by atoms with Crippen LogP contribution < -0.4 is 0 Å². The Balaban J connectivity index is 3.23. The minimum Gasteiger partial charge on any atom is -0.275 e. The van der Waals surface area contributed by atoms with Gasteiger partial charge in [0.25, 0.3) is 5.24 Å². The van der Waals surface area contributed by atoms with Gasteiger partial charge in [0.05, 0.1) is 5.56 Å². The lowest BCUT2D eigenvalue weighted by Crippen LogP contribution is -1.93. The Kier molecular flexibility index (Phi) is 2.47. The van der Waals surface area contributed by atoms with Crippen LogP contribution in [0.2, 0.25) is 5.15 Å². The van der Waals surface area contributed by atoms with Crippen molar-refractivity contribution in [2.45, 2.75) is 6.92 Å². The second kappa shape index (κ2) is 3.20. The van der Waals surface area contributed by atoms with Crippen molar-refractivity contribution in [1.82, 2.24) is 4.98 Å². The summed E-state index contributed by atoms with van der Waals surface area (Å²) in [5.41, 5.74) is 1.12. The molecule has 1 aromatic heterocycles. The highest BCUT2D eigenvalue weighted by molar-refractivity contribution is 6.68. The molecule has 1 heterocycles. The third-order valence-corrected chi connectivity index (χ3v) is 1.69. The second-order valence-corrected chi connectivity index (χ2v) is 2.83. The molecule has 0 bridgehead atoms. The van der Waals surface area contributed by atoms with Crippen molar-refractivity contribution in [1.29, 1.82) is 0 Å². The molecule has 1 rings (SSSR count). The fourth-order valence-electron chi connectivity index (χ4n) is 0.690. The summed E-state index contributed by atoms with van der Waals surface area (Å²) in [5.74, 6) is 0. The topological polar surface area (TPSA) is 30.0 Å². The van der Waals surface area contributed by atoms with Crippen molar-refractivity contribution in [2.24, 2.45) is 0 Å². The number of halogens is 2. The van der Waals surface area contributed by atoms with E-state index < -0.39 is 5.24 Å². The number of carbonyl (C=O) groups is 1. The summed E-state index contributed by atoms with van der Waals surface area (Å²) < 4.78 is 0. The van der Waals surface area contributed by atoms with Crippen LogP contribution in [0.3, 0.4) is 0 Å². The smallest absolute Gasteiger partial charge is 0.255 e. The lowest BCUT2D eigenvalue weighted by molar-refractivity contribution is 0.108. The van der Waals surface area contributed by atoms with Crippen LogP contribution in [0.1, 0.15) is 15.9 Å². The first-order valence-corrected chi connectivity index (χ1v) is 3.69. The number of hydrogen-bond acceptors (Lipinski definition) is 2. The van der Waals surface area contributed by atoms with E-state index in [4.69, 9.17) is 23.2 Å². The largest absolute Gasteiger partial charge is 0.275 e. The quantitative estimate of drug-likeness (QED) is 0.502. The summed E-state index contributed by atoms with van der Waals surface area (Å²) in [7, 11) is 0. The molecule has 0 atom stereocenters. The van der Waals surface area contributed by atoms with Gasteiger partial charge in [0.2, 0.25) is 0 Å². The molecule has 0 aromatic carbocycles. The van der Waals surface area contributed by atoms with Crippen molar-refractivity contribution in [2.75, 3.05) is 0 Å². The van der Waals surface area contributed by atoms with E-state index in [9.17, 15) is 4.79 Å². The molecule has 4 heteroatoms. The number of pyridine rings is 1. The van der Waals surface area contributed by atoms with Crippen LogP contribution in [0.4, 0.5) is 0 Å². The average molecular weight is 190 g/mol. The van der Waals surface area contributed by atoms with Gasteiger partial charge in [0, 0.05) is 6.20 Å². The molecule has 0 N–H and O–H groups in total. The van der Waals surface area contributed by atoms with Gasteiger partial charge in [-0.05, 0) is 30.2 Å². The van der Waals surface area contributed by atoms with E-state index in [-0.39, 0.29) is 10.7 Å². The zero-order valence-corrected chi connectivity index (χ0v) is 7.28. The molecule has 0 aliphatic rings. The monoisotopic (exact) mass is 189 g/mol. The van der Waals surface area contributed by atoms with E-state index in [0.29, 0.717) is 0 Å². The van der Waals surface area contributed by atoms with E-state index in [1.54, 1.807) is 12.3 Å². The van der Waals surface area contributed by atoms with Crippen LogP contribution in [0, 0.1) is 6.92 Å². The van der Waals surface area contributed by atoms with Crippen LogP contribution in [0.5, 0.6) is 0 Å². The van der Waals surface area contributed by atoms with Crippen LogP contribution >= 0.6 is 23.2 Å². The number of aryl methyl sites for hydroxylation is 1. The molecule has 0 spiro atoms. The van der Waals surface area contributed by atoms with Gasteiger partial charge in [0.15, 0.2) is 0 Å². The zero-order valence-electron chi connectivity index (χ0n) is 5.77. The molecule has 0 aliphatic carbocycles. The minimum atomic E-state index is -0.578. The Labute approximate surface area is 74.1 Å². The Morgan fingerprint density at radius 1 is 1.64 bits per heavy atom. The SMILES string of the molecule is Cc1cnc(Cl)c(C(=O)Cl)c1. The maximum atomic E-state index is 10.7. The van der Waals surface area contributed by atoms with Crippen molar-refractivity contribution < 1.29 is 4.79 Å². The molecule has 0 fully saturated rings. The lowest BCUT2D eigenvalue weighted by Gasteiger charge is -1.97. The Hall–Kier alpha value is -0.600. The fraction of sp³-hybridized carbons (Fsp3) is 0.143.